The number of rotatable bonds is 7. The van der Waals surface area contributed by atoms with E-state index in [0.717, 1.165) is 12.1 Å². The van der Waals surface area contributed by atoms with Crippen LogP contribution < -0.4 is 16.4 Å². The minimum absolute atomic E-state index is 0.0211. The van der Waals surface area contributed by atoms with E-state index in [2.05, 4.69) is 10.6 Å². The molecule has 0 heterocycles. The lowest BCUT2D eigenvalue weighted by atomic mass is 10.1. The van der Waals surface area contributed by atoms with Crippen molar-refractivity contribution in [1.82, 2.24) is 5.32 Å². The molecule has 4 N–H and O–H groups in total. The van der Waals surface area contributed by atoms with Crippen molar-refractivity contribution in [1.29, 1.82) is 0 Å². The summed E-state index contributed by atoms with van der Waals surface area (Å²) in [5, 5.41) is 4.97. The number of hydrogen-bond acceptors (Lipinski definition) is 3. The number of halogens is 2. The number of nitrogens with one attached hydrogen (secondary N) is 2. The summed E-state index contributed by atoms with van der Waals surface area (Å²) in [5.41, 5.74) is 4.52. The van der Waals surface area contributed by atoms with E-state index in [0.29, 0.717) is 13.0 Å². The quantitative estimate of drug-likeness (QED) is 0.708. The molecule has 0 aliphatic rings. The number of nitrogens with two attached hydrogens (primary N) is 1. The molecule has 1 rings (SSSR count). The predicted octanol–water partition coefficient (Wildman–Crippen LogP) is 1.39. The van der Waals surface area contributed by atoms with Crippen molar-refractivity contribution in [3.63, 3.8) is 0 Å². The molecule has 0 radical (unpaired) electrons. The van der Waals surface area contributed by atoms with Gasteiger partial charge >= 0.3 is 0 Å². The van der Waals surface area contributed by atoms with Crippen LogP contribution in [0, 0.1) is 11.6 Å². The zero-order valence-electron chi connectivity index (χ0n) is 11.1. The Morgan fingerprint density at radius 3 is 2.30 bits per heavy atom. The van der Waals surface area contributed by atoms with Crippen LogP contribution in [0.25, 0.3) is 0 Å². The second kappa shape index (κ2) is 7.42. The third-order valence-corrected chi connectivity index (χ3v) is 2.51. The summed E-state index contributed by atoms with van der Waals surface area (Å²) in [6.07, 6.45) is 0.682. The van der Waals surface area contributed by atoms with Crippen LogP contribution in [0.2, 0.25) is 0 Å². The lowest BCUT2D eigenvalue weighted by Crippen LogP contribution is -2.28. The van der Waals surface area contributed by atoms with E-state index in [-0.39, 0.29) is 24.2 Å². The number of anilines is 1. The standard InChI is InChI=1S/C13H17F2N3O2/c1-2-4-17-12-9(14)6-8(7-10(12)15)13(20)18-5-3-11(16)19/h6-7,17H,2-5H2,1H3,(H2,16,19)(H,18,20). The van der Waals surface area contributed by atoms with E-state index >= 15 is 0 Å². The van der Waals surface area contributed by atoms with Crippen LogP contribution in [-0.4, -0.2) is 24.9 Å². The van der Waals surface area contributed by atoms with Gasteiger partial charge in [0, 0.05) is 25.1 Å². The van der Waals surface area contributed by atoms with Crippen LogP contribution >= 0.6 is 0 Å². The van der Waals surface area contributed by atoms with Gasteiger partial charge in [-0.3, -0.25) is 9.59 Å². The molecule has 0 unspecified atom stereocenters. The molecule has 0 bridgehead atoms. The number of hydrogen-bond donors (Lipinski definition) is 3. The molecule has 2 amide bonds. The van der Waals surface area contributed by atoms with Gasteiger partial charge in [0.1, 0.15) is 17.3 Å². The van der Waals surface area contributed by atoms with Gasteiger partial charge in [-0.1, -0.05) is 6.92 Å². The summed E-state index contributed by atoms with van der Waals surface area (Å²) in [6, 6.07) is 1.89. The largest absolute Gasteiger partial charge is 0.380 e. The first kappa shape index (κ1) is 15.9. The van der Waals surface area contributed by atoms with Crippen LogP contribution in [0.15, 0.2) is 12.1 Å². The van der Waals surface area contributed by atoms with Crippen LogP contribution in [-0.2, 0) is 4.79 Å². The summed E-state index contributed by atoms with van der Waals surface area (Å²) in [4.78, 5) is 22.2. The van der Waals surface area contributed by atoms with Gasteiger partial charge in [0.05, 0.1) is 0 Å². The summed E-state index contributed by atoms with van der Waals surface area (Å²) < 4.78 is 27.4. The summed E-state index contributed by atoms with van der Waals surface area (Å²) >= 11 is 0. The normalized spacial score (nSPS) is 10.2. The highest BCUT2D eigenvalue weighted by Gasteiger charge is 2.14. The fourth-order valence-corrected chi connectivity index (χ4v) is 1.52. The molecule has 0 saturated carbocycles. The minimum Gasteiger partial charge on any atom is -0.380 e. The Bertz CT molecular complexity index is 483. The van der Waals surface area contributed by atoms with Gasteiger partial charge < -0.3 is 16.4 Å². The lowest BCUT2D eigenvalue weighted by Gasteiger charge is -2.10. The van der Waals surface area contributed by atoms with Gasteiger partial charge in [0.25, 0.3) is 5.91 Å². The molecule has 0 saturated heterocycles. The number of carbonyl (C=O) groups is 2. The minimum atomic E-state index is -0.835. The topological polar surface area (TPSA) is 84.2 Å². The van der Waals surface area contributed by atoms with Gasteiger partial charge in [0.2, 0.25) is 5.91 Å². The van der Waals surface area contributed by atoms with E-state index in [9.17, 15) is 18.4 Å². The molecule has 0 fully saturated rings. The van der Waals surface area contributed by atoms with Crippen LogP contribution in [0.5, 0.6) is 0 Å². The van der Waals surface area contributed by atoms with Gasteiger partial charge in [-0.2, -0.15) is 0 Å². The van der Waals surface area contributed by atoms with Gasteiger partial charge in [0.15, 0.2) is 0 Å². The summed E-state index contributed by atoms with van der Waals surface area (Å²) in [5.74, 6) is -2.90. The highest BCUT2D eigenvalue weighted by atomic mass is 19.1. The highest BCUT2D eigenvalue weighted by Crippen LogP contribution is 2.20. The molecule has 20 heavy (non-hydrogen) atoms. The average Bonchev–Trinajstić information content (AvgIpc) is 2.37. The van der Waals surface area contributed by atoms with Crippen molar-refractivity contribution < 1.29 is 18.4 Å². The molecule has 0 spiro atoms. The van der Waals surface area contributed by atoms with E-state index in [1.165, 1.54) is 0 Å². The van der Waals surface area contributed by atoms with Gasteiger partial charge in [-0.25, -0.2) is 8.78 Å². The average molecular weight is 285 g/mol. The molecular formula is C13H17F2N3O2. The number of carbonyl (C=O) groups excluding carboxylic acids is 2. The lowest BCUT2D eigenvalue weighted by molar-refractivity contribution is -0.117. The van der Waals surface area contributed by atoms with E-state index in [1.807, 2.05) is 6.92 Å². The predicted molar refractivity (Wildman–Crippen MR) is 71.3 cm³/mol. The molecule has 110 valence electrons. The summed E-state index contributed by atoms with van der Waals surface area (Å²) in [6.45, 7) is 2.31. The molecule has 0 atom stereocenters. The van der Waals surface area contributed by atoms with Crippen LogP contribution in [0.1, 0.15) is 30.1 Å². The maximum absolute atomic E-state index is 13.7. The van der Waals surface area contributed by atoms with Crippen molar-refractivity contribution >= 4 is 17.5 Å². The molecule has 7 heteroatoms. The third kappa shape index (κ3) is 4.49. The van der Waals surface area contributed by atoms with Crippen molar-refractivity contribution in [2.75, 3.05) is 18.4 Å². The first-order chi connectivity index (χ1) is 9.45. The zero-order chi connectivity index (χ0) is 15.1. The monoisotopic (exact) mass is 285 g/mol. The Labute approximate surface area is 115 Å². The van der Waals surface area contributed by atoms with Crippen molar-refractivity contribution in [2.24, 2.45) is 5.73 Å². The Balaban J connectivity index is 2.76. The first-order valence-corrected chi connectivity index (χ1v) is 6.25. The smallest absolute Gasteiger partial charge is 0.251 e. The Morgan fingerprint density at radius 2 is 1.80 bits per heavy atom. The van der Waals surface area contributed by atoms with Crippen molar-refractivity contribution in [2.45, 2.75) is 19.8 Å². The zero-order valence-corrected chi connectivity index (χ0v) is 11.1. The molecule has 0 aliphatic carbocycles. The molecule has 0 aliphatic heterocycles. The van der Waals surface area contributed by atoms with Gasteiger partial charge in [-0.05, 0) is 18.6 Å². The molecule has 1 aromatic rings. The van der Waals surface area contributed by atoms with E-state index < -0.39 is 23.4 Å². The Morgan fingerprint density at radius 1 is 1.20 bits per heavy atom. The van der Waals surface area contributed by atoms with Gasteiger partial charge in [-0.15, -0.1) is 0 Å². The third-order valence-electron chi connectivity index (χ3n) is 2.51. The van der Waals surface area contributed by atoms with Crippen LogP contribution in [0.3, 0.4) is 0 Å². The fourth-order valence-electron chi connectivity index (χ4n) is 1.52. The molecule has 0 aromatic heterocycles. The van der Waals surface area contributed by atoms with Crippen molar-refractivity contribution in [3.05, 3.63) is 29.3 Å². The highest BCUT2D eigenvalue weighted by molar-refractivity contribution is 5.94. The summed E-state index contributed by atoms with van der Waals surface area (Å²) in [7, 11) is 0. The molecule has 1 aromatic carbocycles. The van der Waals surface area contributed by atoms with Crippen LogP contribution in [0.4, 0.5) is 14.5 Å². The molecule has 5 nitrogen and oxygen atoms in total. The Hall–Kier alpha value is -2.18. The second-order valence-corrected chi connectivity index (χ2v) is 4.21. The second-order valence-electron chi connectivity index (χ2n) is 4.21. The maximum Gasteiger partial charge on any atom is 0.251 e. The number of primary amides is 1. The first-order valence-electron chi connectivity index (χ1n) is 6.25. The van der Waals surface area contributed by atoms with E-state index in [1.54, 1.807) is 0 Å². The SMILES string of the molecule is CCCNc1c(F)cc(C(=O)NCCC(N)=O)cc1F. The molecular weight excluding hydrogens is 268 g/mol. The Kier molecular flexibility index (Phi) is 5.89. The van der Waals surface area contributed by atoms with E-state index in [4.69, 9.17) is 5.73 Å². The van der Waals surface area contributed by atoms with Crippen molar-refractivity contribution in [3.8, 4) is 0 Å². The fraction of sp³-hybridized carbons (Fsp3) is 0.385. The number of amides is 2. The number of benzene rings is 1. The maximum atomic E-state index is 13.7.